The van der Waals surface area contributed by atoms with Crippen LogP contribution in [0, 0.1) is 18.3 Å². The van der Waals surface area contributed by atoms with Crippen molar-refractivity contribution in [3.05, 3.63) is 34.9 Å². The predicted molar refractivity (Wildman–Crippen MR) is 77.0 cm³/mol. The number of hydrogen-bond acceptors (Lipinski definition) is 3. The Balaban J connectivity index is 2.34. The Bertz CT molecular complexity index is 667. The quantitative estimate of drug-likeness (QED) is 0.614. The van der Waals surface area contributed by atoms with Crippen molar-refractivity contribution in [3.8, 4) is 0 Å². The molecule has 0 aliphatic heterocycles. The molecule has 1 aromatic rings. The Kier molecular flexibility index (Phi) is 4.22. The van der Waals surface area contributed by atoms with Crippen LogP contribution in [0.1, 0.15) is 48.2 Å². The van der Waals surface area contributed by atoms with Gasteiger partial charge in [-0.3, -0.25) is 14.4 Å². The maximum atomic E-state index is 12.7. The molecule has 1 fully saturated rings. The first-order chi connectivity index (χ1) is 10.4. The summed E-state index contributed by atoms with van der Waals surface area (Å²) in [6.07, 6.45) is -4.30. The highest BCUT2D eigenvalue weighted by atomic mass is 19.4. The van der Waals surface area contributed by atoms with E-state index in [0.29, 0.717) is 0 Å². The number of hydrogen-bond donors (Lipinski definition) is 0. The fraction of sp³-hybridized carbons (Fsp3) is 0.471. The lowest BCUT2D eigenvalue weighted by molar-refractivity contribution is -0.138. The van der Waals surface area contributed by atoms with Gasteiger partial charge in [0.15, 0.2) is 17.3 Å². The van der Waals surface area contributed by atoms with Gasteiger partial charge in [-0.1, -0.05) is 19.9 Å². The van der Waals surface area contributed by atoms with Crippen molar-refractivity contribution in [2.75, 3.05) is 0 Å². The van der Waals surface area contributed by atoms with Gasteiger partial charge in [-0.05, 0) is 30.0 Å². The second-order valence-corrected chi connectivity index (χ2v) is 6.78. The first kappa shape index (κ1) is 17.4. The van der Waals surface area contributed by atoms with Crippen LogP contribution in [0.5, 0.6) is 0 Å². The van der Waals surface area contributed by atoms with Gasteiger partial charge >= 0.3 is 6.18 Å². The molecule has 0 heterocycles. The van der Waals surface area contributed by atoms with Gasteiger partial charge in [-0.15, -0.1) is 0 Å². The zero-order chi connectivity index (χ0) is 17.6. The molecule has 0 aromatic heterocycles. The molecule has 0 atom stereocenters. The normalized spacial score (nSPS) is 19.0. The Labute approximate surface area is 131 Å². The molecule has 0 unspecified atom stereocenters. The van der Waals surface area contributed by atoms with E-state index in [1.807, 2.05) is 0 Å². The van der Waals surface area contributed by atoms with Gasteiger partial charge in [-0.2, -0.15) is 13.2 Å². The molecule has 2 rings (SSSR count). The lowest BCUT2D eigenvalue weighted by Gasteiger charge is -2.31. The van der Waals surface area contributed by atoms with Gasteiger partial charge in [0, 0.05) is 18.4 Å². The summed E-state index contributed by atoms with van der Waals surface area (Å²) in [7, 11) is 0. The minimum absolute atomic E-state index is 0.00981. The third-order valence-corrected chi connectivity index (χ3v) is 4.03. The highest BCUT2D eigenvalue weighted by molar-refractivity contribution is 6.25. The Hall–Kier alpha value is -1.98. The molecule has 23 heavy (non-hydrogen) atoms. The second kappa shape index (κ2) is 5.58. The monoisotopic (exact) mass is 326 g/mol. The summed E-state index contributed by atoms with van der Waals surface area (Å²) in [5.41, 5.74) is -1.26. The van der Waals surface area contributed by atoms with Crippen LogP contribution < -0.4 is 0 Å². The minimum Gasteiger partial charge on any atom is -0.298 e. The van der Waals surface area contributed by atoms with Gasteiger partial charge in [-0.25, -0.2) is 0 Å². The summed E-state index contributed by atoms with van der Waals surface area (Å²) < 4.78 is 38.0. The summed E-state index contributed by atoms with van der Waals surface area (Å²) in [6, 6.07) is 2.69. The average Bonchev–Trinajstić information content (AvgIpc) is 2.34. The molecule has 6 heteroatoms. The average molecular weight is 326 g/mol. The summed E-state index contributed by atoms with van der Waals surface area (Å²) in [5, 5.41) is 0. The molecule has 124 valence electrons. The van der Waals surface area contributed by atoms with Crippen molar-refractivity contribution in [2.45, 2.75) is 39.8 Å². The number of carbonyl (C=O) groups is 3. The van der Waals surface area contributed by atoms with Crippen LogP contribution in [-0.4, -0.2) is 17.3 Å². The smallest absolute Gasteiger partial charge is 0.298 e. The number of Topliss-reactive ketones (excluding diaryl/α,β-unsaturated/α-hetero) is 3. The highest BCUT2D eigenvalue weighted by Gasteiger charge is 2.44. The van der Waals surface area contributed by atoms with Crippen molar-refractivity contribution in [1.82, 2.24) is 0 Å². The largest absolute Gasteiger partial charge is 0.416 e. The van der Waals surface area contributed by atoms with Gasteiger partial charge in [0.05, 0.1) is 5.56 Å². The molecular weight excluding hydrogens is 309 g/mol. The highest BCUT2D eigenvalue weighted by Crippen LogP contribution is 2.36. The SMILES string of the molecule is Cc1cc(C(F)(F)F)ccc1C(=O)C1C(=O)CC(C)(C)CC1=O. The van der Waals surface area contributed by atoms with Crippen molar-refractivity contribution in [1.29, 1.82) is 0 Å². The lowest BCUT2D eigenvalue weighted by Crippen LogP contribution is -2.42. The Morgan fingerprint density at radius 2 is 1.65 bits per heavy atom. The third kappa shape index (κ3) is 3.51. The molecule has 0 amide bonds. The molecular formula is C17H17F3O3. The van der Waals surface area contributed by atoms with E-state index in [4.69, 9.17) is 0 Å². The molecule has 1 aromatic carbocycles. The maximum Gasteiger partial charge on any atom is 0.416 e. The molecule has 1 aliphatic rings. The zero-order valence-electron chi connectivity index (χ0n) is 13.1. The second-order valence-electron chi connectivity index (χ2n) is 6.78. The van der Waals surface area contributed by atoms with Crippen LogP contribution in [0.15, 0.2) is 18.2 Å². The number of benzene rings is 1. The summed E-state index contributed by atoms with van der Waals surface area (Å²) in [6.45, 7) is 4.91. The number of carbonyl (C=O) groups excluding carboxylic acids is 3. The number of alkyl halides is 3. The third-order valence-electron chi connectivity index (χ3n) is 4.03. The molecule has 0 saturated heterocycles. The molecule has 1 saturated carbocycles. The molecule has 0 bridgehead atoms. The standard InChI is InChI=1S/C17H17F3O3/c1-9-6-10(17(18,19)20)4-5-11(9)15(23)14-12(21)7-16(2,3)8-13(14)22/h4-6,14H,7-8H2,1-3H3. The van der Waals surface area contributed by atoms with Crippen LogP contribution in [0.25, 0.3) is 0 Å². The van der Waals surface area contributed by atoms with Gasteiger partial charge in [0.25, 0.3) is 0 Å². The van der Waals surface area contributed by atoms with Crippen LogP contribution in [-0.2, 0) is 15.8 Å². The van der Waals surface area contributed by atoms with Crippen LogP contribution in [0.2, 0.25) is 0 Å². The Morgan fingerprint density at radius 1 is 1.13 bits per heavy atom. The van der Waals surface area contributed by atoms with Crippen molar-refractivity contribution < 1.29 is 27.6 Å². The number of aryl methyl sites for hydroxylation is 1. The molecule has 1 aliphatic carbocycles. The number of ketones is 3. The van der Waals surface area contributed by atoms with Crippen molar-refractivity contribution in [2.24, 2.45) is 11.3 Å². The molecule has 0 spiro atoms. The zero-order valence-corrected chi connectivity index (χ0v) is 13.1. The summed E-state index contributed by atoms with van der Waals surface area (Å²) in [5.74, 6) is -3.02. The number of halogens is 3. The van der Waals surface area contributed by atoms with E-state index in [-0.39, 0.29) is 24.0 Å². The lowest BCUT2D eigenvalue weighted by atomic mass is 9.69. The van der Waals surface area contributed by atoms with E-state index >= 15 is 0 Å². The van der Waals surface area contributed by atoms with Crippen molar-refractivity contribution in [3.63, 3.8) is 0 Å². The molecule has 3 nitrogen and oxygen atoms in total. The fourth-order valence-electron chi connectivity index (χ4n) is 2.95. The van der Waals surface area contributed by atoms with E-state index in [1.165, 1.54) is 6.92 Å². The van der Waals surface area contributed by atoms with Gasteiger partial charge < -0.3 is 0 Å². The maximum absolute atomic E-state index is 12.7. The summed E-state index contributed by atoms with van der Waals surface area (Å²) >= 11 is 0. The Morgan fingerprint density at radius 3 is 2.09 bits per heavy atom. The fourth-order valence-corrected chi connectivity index (χ4v) is 2.95. The van der Waals surface area contributed by atoms with Crippen LogP contribution in [0.3, 0.4) is 0 Å². The predicted octanol–water partition coefficient (Wildman–Crippen LogP) is 3.77. The van der Waals surface area contributed by atoms with Crippen LogP contribution >= 0.6 is 0 Å². The van der Waals surface area contributed by atoms with Crippen molar-refractivity contribution >= 4 is 17.3 Å². The number of rotatable bonds is 2. The van der Waals surface area contributed by atoms with E-state index in [2.05, 4.69) is 0 Å². The first-order valence-electron chi connectivity index (χ1n) is 7.20. The topological polar surface area (TPSA) is 51.2 Å². The minimum atomic E-state index is -4.51. The van der Waals surface area contributed by atoms with Crippen LogP contribution in [0.4, 0.5) is 13.2 Å². The van der Waals surface area contributed by atoms with E-state index in [1.54, 1.807) is 13.8 Å². The molecule has 0 N–H and O–H groups in total. The van der Waals surface area contributed by atoms with E-state index < -0.39 is 40.4 Å². The van der Waals surface area contributed by atoms with E-state index in [9.17, 15) is 27.6 Å². The van der Waals surface area contributed by atoms with Gasteiger partial charge in [0.2, 0.25) is 0 Å². The summed E-state index contributed by atoms with van der Waals surface area (Å²) in [4.78, 5) is 36.8. The first-order valence-corrected chi connectivity index (χ1v) is 7.20. The molecule has 0 radical (unpaired) electrons. The van der Waals surface area contributed by atoms with Gasteiger partial charge in [0.1, 0.15) is 5.92 Å². The van der Waals surface area contributed by atoms with E-state index in [0.717, 1.165) is 18.2 Å².